The first-order valence-corrected chi connectivity index (χ1v) is 11.4. The van der Waals surface area contributed by atoms with Gasteiger partial charge in [0.25, 0.3) is 0 Å². The predicted molar refractivity (Wildman–Crippen MR) is 136 cm³/mol. The molecule has 1 aliphatic carbocycles. The van der Waals surface area contributed by atoms with Crippen molar-refractivity contribution in [1.29, 1.82) is 0 Å². The van der Waals surface area contributed by atoms with Crippen LogP contribution in [0.25, 0.3) is 11.1 Å². The van der Waals surface area contributed by atoms with E-state index in [0.717, 1.165) is 11.1 Å². The van der Waals surface area contributed by atoms with E-state index >= 15 is 0 Å². The van der Waals surface area contributed by atoms with Crippen LogP contribution in [0.2, 0.25) is 5.02 Å². The number of nitrogens with one attached hydrogen (secondary N) is 2. The van der Waals surface area contributed by atoms with Crippen molar-refractivity contribution in [3.05, 3.63) is 56.9 Å². The van der Waals surface area contributed by atoms with Crippen LogP contribution < -0.4 is 35.0 Å². The molecule has 1 aromatic heterocycles. The fraction of sp³-hybridized carbons (Fsp3) is 0.292. The molecule has 1 aliphatic rings. The summed E-state index contributed by atoms with van der Waals surface area (Å²) in [5.41, 5.74) is 2.66. The number of halogens is 1. The summed E-state index contributed by atoms with van der Waals surface area (Å²) in [7, 11) is 6.04. The monoisotopic (exact) mass is 517 g/mol. The third-order valence-electron chi connectivity index (χ3n) is 5.79. The van der Waals surface area contributed by atoms with E-state index < -0.39 is 0 Å². The molecule has 11 heteroatoms. The van der Waals surface area contributed by atoms with Gasteiger partial charge in [-0.2, -0.15) is 0 Å². The minimum absolute atomic E-state index is 0.201. The standard InChI is InChI=1S/C24H24ClN3O6S/c1-30-17-8-6-12-14(11-16(17)29)15(26-24(35)27-18-9-10-34-28-18)7-5-13-19(12)21(31-2)23(33-4)22(32-3)20(13)25/h6,8-11,15H,5,7H2,1-4H3,(H2,26,27,28,35)/t15-/m0/s1. The van der Waals surface area contributed by atoms with Gasteiger partial charge in [-0.05, 0) is 53.9 Å². The summed E-state index contributed by atoms with van der Waals surface area (Å²) in [4.78, 5) is 13.0. The lowest BCUT2D eigenvalue weighted by atomic mass is 9.95. The van der Waals surface area contributed by atoms with Crippen molar-refractivity contribution in [1.82, 2.24) is 10.5 Å². The largest absolute Gasteiger partial charge is 0.493 e. The molecule has 0 spiro atoms. The summed E-state index contributed by atoms with van der Waals surface area (Å²) in [5, 5.41) is 10.8. The molecule has 0 amide bonds. The summed E-state index contributed by atoms with van der Waals surface area (Å²) in [6.07, 6.45) is 2.54. The van der Waals surface area contributed by atoms with Crippen molar-refractivity contribution in [2.24, 2.45) is 0 Å². The first-order chi connectivity index (χ1) is 16.9. The van der Waals surface area contributed by atoms with Crippen molar-refractivity contribution >= 4 is 34.7 Å². The van der Waals surface area contributed by atoms with Crippen LogP contribution in [0, 0.1) is 0 Å². The zero-order valence-electron chi connectivity index (χ0n) is 19.6. The number of aromatic nitrogens is 1. The lowest BCUT2D eigenvalue weighted by molar-refractivity contribution is 0.325. The second-order valence-corrected chi connectivity index (χ2v) is 8.41. The number of nitrogens with zero attached hydrogens (tertiary/aromatic N) is 1. The second-order valence-electron chi connectivity index (χ2n) is 7.62. The number of benzene rings is 1. The highest BCUT2D eigenvalue weighted by molar-refractivity contribution is 7.80. The van der Waals surface area contributed by atoms with Crippen LogP contribution >= 0.6 is 23.8 Å². The zero-order chi connectivity index (χ0) is 25.1. The van der Waals surface area contributed by atoms with Gasteiger partial charge in [0.1, 0.15) is 6.26 Å². The quantitative estimate of drug-likeness (QED) is 0.458. The molecule has 3 aromatic rings. The normalized spacial score (nSPS) is 14.1. The van der Waals surface area contributed by atoms with Crippen LogP contribution in [0.5, 0.6) is 23.0 Å². The summed E-state index contributed by atoms with van der Waals surface area (Å²) in [5.74, 6) is 1.85. The van der Waals surface area contributed by atoms with Gasteiger partial charge in [-0.1, -0.05) is 22.8 Å². The van der Waals surface area contributed by atoms with Gasteiger partial charge < -0.3 is 34.1 Å². The molecule has 35 heavy (non-hydrogen) atoms. The molecule has 0 aliphatic heterocycles. The lowest BCUT2D eigenvalue weighted by Gasteiger charge is -2.21. The molecule has 9 nitrogen and oxygen atoms in total. The lowest BCUT2D eigenvalue weighted by Crippen LogP contribution is -2.32. The Bertz CT molecular complexity index is 1320. The number of thiocarbonyl (C=S) groups is 1. The number of hydrogen-bond acceptors (Lipinski definition) is 8. The first kappa shape index (κ1) is 24.6. The summed E-state index contributed by atoms with van der Waals surface area (Å²) < 4.78 is 27.1. The molecule has 4 rings (SSSR count). The zero-order valence-corrected chi connectivity index (χ0v) is 21.1. The van der Waals surface area contributed by atoms with Crippen molar-refractivity contribution in [3.63, 3.8) is 0 Å². The van der Waals surface area contributed by atoms with E-state index in [2.05, 4.69) is 15.8 Å². The van der Waals surface area contributed by atoms with Gasteiger partial charge in [-0.15, -0.1) is 0 Å². The van der Waals surface area contributed by atoms with Gasteiger partial charge in [0, 0.05) is 11.6 Å². The van der Waals surface area contributed by atoms with Gasteiger partial charge in [0.15, 0.2) is 28.2 Å². The van der Waals surface area contributed by atoms with Gasteiger partial charge in [0.2, 0.25) is 11.2 Å². The maximum Gasteiger partial charge on any atom is 0.220 e. The van der Waals surface area contributed by atoms with Crippen LogP contribution in [0.4, 0.5) is 5.82 Å². The Hall–Kier alpha value is -3.50. The molecule has 0 radical (unpaired) electrons. The number of methoxy groups -OCH3 is 4. The van der Waals surface area contributed by atoms with Crippen LogP contribution in [-0.4, -0.2) is 38.7 Å². The van der Waals surface area contributed by atoms with Gasteiger partial charge in [-0.3, -0.25) is 4.79 Å². The van der Waals surface area contributed by atoms with Crippen molar-refractivity contribution in [3.8, 4) is 34.1 Å². The van der Waals surface area contributed by atoms with Crippen molar-refractivity contribution < 1.29 is 23.5 Å². The fourth-order valence-corrected chi connectivity index (χ4v) is 4.87. The molecular formula is C24H24ClN3O6S. The molecule has 1 heterocycles. The molecule has 2 N–H and O–H groups in total. The highest BCUT2D eigenvalue weighted by Crippen LogP contribution is 2.54. The number of anilines is 1. The summed E-state index contributed by atoms with van der Waals surface area (Å²) >= 11 is 12.3. The smallest absolute Gasteiger partial charge is 0.220 e. The van der Waals surface area contributed by atoms with E-state index in [1.54, 1.807) is 25.3 Å². The van der Waals surface area contributed by atoms with E-state index in [1.807, 2.05) is 6.07 Å². The highest BCUT2D eigenvalue weighted by atomic mass is 35.5. The fourth-order valence-electron chi connectivity index (χ4n) is 4.28. The molecule has 184 valence electrons. The Morgan fingerprint density at radius 2 is 1.83 bits per heavy atom. The van der Waals surface area contributed by atoms with E-state index in [0.29, 0.717) is 57.2 Å². The van der Waals surface area contributed by atoms with Crippen molar-refractivity contribution in [2.45, 2.75) is 18.9 Å². The average molecular weight is 518 g/mol. The van der Waals surface area contributed by atoms with Crippen LogP contribution in [0.3, 0.4) is 0 Å². The van der Waals surface area contributed by atoms with Crippen LogP contribution in [-0.2, 0) is 6.42 Å². The Kier molecular flexibility index (Phi) is 7.32. The Balaban J connectivity index is 1.94. The summed E-state index contributed by atoms with van der Waals surface area (Å²) in [6, 6.07) is 6.28. The molecule has 1 atom stereocenters. The van der Waals surface area contributed by atoms with E-state index in [1.165, 1.54) is 27.6 Å². The van der Waals surface area contributed by atoms with Gasteiger partial charge >= 0.3 is 0 Å². The minimum atomic E-state index is -0.355. The van der Waals surface area contributed by atoms with Gasteiger partial charge in [-0.25, -0.2) is 0 Å². The maximum atomic E-state index is 13.0. The minimum Gasteiger partial charge on any atom is -0.493 e. The van der Waals surface area contributed by atoms with E-state index in [4.69, 9.17) is 47.3 Å². The molecule has 2 aromatic carbocycles. The highest BCUT2D eigenvalue weighted by Gasteiger charge is 2.32. The first-order valence-electron chi connectivity index (χ1n) is 10.6. The summed E-state index contributed by atoms with van der Waals surface area (Å²) in [6.45, 7) is 0. The van der Waals surface area contributed by atoms with E-state index in [-0.39, 0.29) is 17.2 Å². The van der Waals surface area contributed by atoms with Crippen LogP contribution in [0.1, 0.15) is 23.6 Å². The Morgan fingerprint density at radius 1 is 1.09 bits per heavy atom. The number of rotatable bonds is 6. The van der Waals surface area contributed by atoms with Gasteiger partial charge in [0.05, 0.1) is 39.5 Å². The average Bonchev–Trinajstić information content (AvgIpc) is 3.24. The molecular weight excluding hydrogens is 494 g/mol. The van der Waals surface area contributed by atoms with Crippen LogP contribution in [0.15, 0.2) is 39.8 Å². The van der Waals surface area contributed by atoms with Crippen molar-refractivity contribution in [2.75, 3.05) is 33.8 Å². The molecule has 0 bridgehead atoms. The topological polar surface area (TPSA) is 104 Å². The SMILES string of the molecule is COc1c(Cl)c2c(c(OC)c1OC)-c1ccc(OC)c(=O)cc1[C@@H](NC(=S)Nc1ccon1)CC2. The number of fused-ring (bicyclic) bond motifs is 3. The third kappa shape index (κ3) is 4.59. The molecule has 0 fully saturated rings. The maximum absolute atomic E-state index is 13.0. The van der Waals surface area contributed by atoms with E-state index in [9.17, 15) is 4.79 Å². The predicted octanol–water partition coefficient (Wildman–Crippen LogP) is 4.36. The molecule has 0 saturated heterocycles. The Labute approximate surface area is 212 Å². The Morgan fingerprint density at radius 3 is 2.46 bits per heavy atom. The molecule has 0 saturated carbocycles. The number of hydrogen-bond donors (Lipinski definition) is 2. The third-order valence-corrected chi connectivity index (χ3v) is 6.41. The molecule has 0 unspecified atom stereocenters. The second kappa shape index (κ2) is 10.4. The number of ether oxygens (including phenoxy) is 4.